The van der Waals surface area contributed by atoms with E-state index in [2.05, 4.69) is 20.9 Å². The highest BCUT2D eigenvalue weighted by Gasteiger charge is 2.33. The molecule has 45 heavy (non-hydrogen) atoms. The molecule has 0 bridgehead atoms. The molecule has 0 saturated heterocycles. The molecule has 4 aromatic rings. The van der Waals surface area contributed by atoms with E-state index >= 15 is 0 Å². The molecular formula is C30H23BrN4O9S. The molecule has 3 aromatic carbocycles. The van der Waals surface area contributed by atoms with Crippen molar-refractivity contribution in [2.75, 3.05) is 13.7 Å². The summed E-state index contributed by atoms with van der Waals surface area (Å²) >= 11 is 4.56. The monoisotopic (exact) mass is 694 g/mol. The first-order valence-electron chi connectivity index (χ1n) is 13.3. The molecule has 1 aliphatic heterocycles. The van der Waals surface area contributed by atoms with E-state index in [1.165, 1.54) is 11.7 Å². The number of halogens is 1. The molecule has 0 amide bonds. The second-order valence-electron chi connectivity index (χ2n) is 9.52. The van der Waals surface area contributed by atoms with Crippen molar-refractivity contribution < 1.29 is 28.9 Å². The second kappa shape index (κ2) is 12.8. The van der Waals surface area contributed by atoms with Gasteiger partial charge in [-0.15, -0.1) is 0 Å². The van der Waals surface area contributed by atoms with Gasteiger partial charge in [0, 0.05) is 6.07 Å². The van der Waals surface area contributed by atoms with Crippen LogP contribution in [0.15, 0.2) is 86.2 Å². The third-order valence-corrected chi connectivity index (χ3v) is 8.32. The van der Waals surface area contributed by atoms with E-state index in [4.69, 9.17) is 14.2 Å². The van der Waals surface area contributed by atoms with Crippen LogP contribution in [-0.4, -0.2) is 34.1 Å². The molecular weight excluding hydrogens is 672 g/mol. The van der Waals surface area contributed by atoms with E-state index in [0.717, 1.165) is 29.5 Å². The average Bonchev–Trinajstić information content (AvgIpc) is 3.31. The van der Waals surface area contributed by atoms with Crippen LogP contribution in [0.1, 0.15) is 31.0 Å². The van der Waals surface area contributed by atoms with Crippen LogP contribution in [0.4, 0.5) is 11.4 Å². The molecule has 0 radical (unpaired) electrons. The number of esters is 1. The topological polar surface area (TPSA) is 165 Å². The number of non-ortho nitro benzene ring substituents is 1. The minimum Gasteiger partial charge on any atom is -0.493 e. The smallest absolute Gasteiger partial charge is 0.338 e. The van der Waals surface area contributed by atoms with E-state index in [-0.39, 0.29) is 35.0 Å². The number of ether oxygens (including phenoxy) is 3. The largest absolute Gasteiger partial charge is 0.493 e. The molecule has 1 aromatic heterocycles. The lowest BCUT2D eigenvalue weighted by atomic mass is 9.96. The number of nitrogens with zero attached hydrogens (tertiary/aromatic N) is 4. The van der Waals surface area contributed by atoms with Crippen LogP contribution >= 0.6 is 27.3 Å². The number of rotatable bonds is 9. The number of nitro benzene ring substituents is 2. The van der Waals surface area contributed by atoms with Crippen LogP contribution in [-0.2, 0) is 9.53 Å². The van der Waals surface area contributed by atoms with Crippen molar-refractivity contribution >= 4 is 50.7 Å². The van der Waals surface area contributed by atoms with Crippen LogP contribution in [0.2, 0.25) is 0 Å². The van der Waals surface area contributed by atoms with Gasteiger partial charge in [-0.2, -0.15) is 0 Å². The Bertz CT molecular complexity index is 2070. The molecule has 5 rings (SSSR count). The maximum absolute atomic E-state index is 13.9. The summed E-state index contributed by atoms with van der Waals surface area (Å²) in [5.74, 6) is -0.552. The van der Waals surface area contributed by atoms with E-state index in [1.807, 2.05) is 30.3 Å². The molecule has 0 N–H and O–H groups in total. The normalized spacial score (nSPS) is 14.4. The predicted octanol–water partition coefficient (Wildman–Crippen LogP) is 5.18. The molecule has 15 heteroatoms. The maximum atomic E-state index is 13.9. The van der Waals surface area contributed by atoms with Gasteiger partial charge in [-0.1, -0.05) is 41.7 Å². The van der Waals surface area contributed by atoms with Gasteiger partial charge in [0.2, 0.25) is 5.75 Å². The number of fused-ring (bicyclic) bond motifs is 1. The molecule has 13 nitrogen and oxygen atoms in total. The first kappa shape index (κ1) is 31.3. The predicted molar refractivity (Wildman–Crippen MR) is 167 cm³/mol. The number of allylic oxidation sites excluding steroid dienone is 1. The van der Waals surface area contributed by atoms with Crippen molar-refractivity contribution in [3.8, 4) is 17.2 Å². The van der Waals surface area contributed by atoms with Crippen molar-refractivity contribution in [2.45, 2.75) is 19.9 Å². The fourth-order valence-electron chi connectivity index (χ4n) is 4.77. The molecule has 0 saturated carbocycles. The van der Waals surface area contributed by atoms with Crippen LogP contribution in [0.25, 0.3) is 6.08 Å². The summed E-state index contributed by atoms with van der Waals surface area (Å²) in [5, 5.41) is 22.7. The highest BCUT2D eigenvalue weighted by atomic mass is 79.9. The highest BCUT2D eigenvalue weighted by molar-refractivity contribution is 9.10. The molecule has 1 aliphatic rings. The van der Waals surface area contributed by atoms with E-state index < -0.39 is 33.2 Å². The number of hydrogen-bond acceptors (Lipinski definition) is 11. The van der Waals surface area contributed by atoms with Crippen molar-refractivity contribution in [1.82, 2.24) is 4.57 Å². The van der Waals surface area contributed by atoms with Crippen LogP contribution in [0, 0.1) is 20.2 Å². The standard InChI is InChI=1S/C30H23BrN4O9S/c1-4-43-29(37)25-16(2)32-30-33(26(25)18-8-6-5-7-9-18)28(36)24(45-30)14-17-12-20(31)27(23(13-17)42-3)44-22-11-10-19(34(38)39)15-21(22)35(40)41/h5-15,26H,4H2,1-3H3/b24-14-/t26-/m0/s1. The molecule has 0 aliphatic carbocycles. The summed E-state index contributed by atoms with van der Waals surface area (Å²) < 4.78 is 18.7. The van der Waals surface area contributed by atoms with Gasteiger partial charge in [0.25, 0.3) is 11.2 Å². The summed E-state index contributed by atoms with van der Waals surface area (Å²) in [6.45, 7) is 3.57. The Morgan fingerprint density at radius 2 is 1.82 bits per heavy atom. The van der Waals surface area contributed by atoms with E-state index in [9.17, 15) is 29.8 Å². The summed E-state index contributed by atoms with van der Waals surface area (Å²) in [7, 11) is 1.37. The minimum absolute atomic E-state index is 0.0758. The summed E-state index contributed by atoms with van der Waals surface area (Å²) in [6.07, 6.45) is 1.63. The summed E-state index contributed by atoms with van der Waals surface area (Å²) in [4.78, 5) is 53.1. The second-order valence-corrected chi connectivity index (χ2v) is 11.4. The molecule has 230 valence electrons. The van der Waals surface area contributed by atoms with Crippen molar-refractivity contribution in [3.63, 3.8) is 0 Å². The van der Waals surface area contributed by atoms with Gasteiger partial charge < -0.3 is 14.2 Å². The molecule has 0 unspecified atom stereocenters. The third kappa shape index (κ3) is 6.12. The maximum Gasteiger partial charge on any atom is 0.338 e. The van der Waals surface area contributed by atoms with Gasteiger partial charge in [0.15, 0.2) is 16.3 Å². The van der Waals surface area contributed by atoms with Crippen molar-refractivity contribution in [3.05, 3.63) is 127 Å². The molecule has 0 spiro atoms. The zero-order valence-corrected chi connectivity index (χ0v) is 26.3. The number of carbonyl (C=O) groups is 1. The number of methoxy groups -OCH3 is 1. The van der Waals surface area contributed by atoms with Crippen LogP contribution in [0.5, 0.6) is 17.2 Å². The average molecular weight is 696 g/mol. The first-order valence-corrected chi connectivity index (χ1v) is 14.9. The summed E-state index contributed by atoms with van der Waals surface area (Å²) in [5.41, 5.74) is 0.513. The fourth-order valence-corrected chi connectivity index (χ4v) is 6.36. The van der Waals surface area contributed by atoms with Gasteiger partial charge in [-0.05, 0) is 65.2 Å². The Hall–Kier alpha value is -5.15. The fraction of sp³-hybridized carbons (Fsp3) is 0.167. The van der Waals surface area contributed by atoms with Gasteiger partial charge in [0.05, 0.1) is 55.9 Å². The van der Waals surface area contributed by atoms with E-state index in [1.54, 1.807) is 32.1 Å². The minimum atomic E-state index is -0.783. The number of thiazole rings is 1. The first-order chi connectivity index (χ1) is 21.5. The Morgan fingerprint density at radius 1 is 1.09 bits per heavy atom. The van der Waals surface area contributed by atoms with Gasteiger partial charge >= 0.3 is 11.7 Å². The zero-order valence-electron chi connectivity index (χ0n) is 23.9. The lowest BCUT2D eigenvalue weighted by Gasteiger charge is -2.24. The lowest BCUT2D eigenvalue weighted by molar-refractivity contribution is -0.394. The van der Waals surface area contributed by atoms with Gasteiger partial charge in [-0.3, -0.25) is 29.6 Å². The quantitative estimate of drug-likeness (QED) is 0.130. The Morgan fingerprint density at radius 3 is 2.47 bits per heavy atom. The van der Waals surface area contributed by atoms with Crippen LogP contribution in [0.3, 0.4) is 0 Å². The number of hydrogen-bond donors (Lipinski definition) is 0. The molecule has 2 heterocycles. The lowest BCUT2D eigenvalue weighted by Crippen LogP contribution is -2.39. The zero-order chi connectivity index (χ0) is 32.4. The Balaban J connectivity index is 1.60. The number of benzene rings is 3. The number of aromatic nitrogens is 1. The number of nitro groups is 2. The SMILES string of the molecule is CCOC(=O)C1=C(C)N=c2s/c(=C\c3cc(Br)c(Oc4ccc([N+](=O)[O-])cc4[N+](=O)[O-])c(OC)c3)c(=O)n2[C@H]1c1ccccc1. The molecule has 1 atom stereocenters. The van der Waals surface area contributed by atoms with Crippen LogP contribution < -0.4 is 24.4 Å². The van der Waals surface area contributed by atoms with Gasteiger partial charge in [-0.25, -0.2) is 9.79 Å². The Kier molecular flexibility index (Phi) is 8.92. The van der Waals surface area contributed by atoms with Gasteiger partial charge in [0.1, 0.15) is 0 Å². The summed E-state index contributed by atoms with van der Waals surface area (Å²) in [6, 6.07) is 14.6. The van der Waals surface area contributed by atoms with Crippen molar-refractivity contribution in [2.24, 2.45) is 4.99 Å². The third-order valence-electron chi connectivity index (χ3n) is 6.74. The molecule has 0 fully saturated rings. The van der Waals surface area contributed by atoms with Crippen molar-refractivity contribution in [1.29, 1.82) is 0 Å². The highest BCUT2D eigenvalue weighted by Crippen LogP contribution is 2.43. The number of carbonyl (C=O) groups excluding carboxylic acids is 1. The Labute approximate surface area is 266 Å². The van der Waals surface area contributed by atoms with E-state index in [0.29, 0.717) is 30.6 Å².